The van der Waals surface area contributed by atoms with Gasteiger partial charge >= 0.3 is 6.03 Å². The van der Waals surface area contributed by atoms with E-state index >= 15 is 0 Å². The van der Waals surface area contributed by atoms with Gasteiger partial charge in [0.15, 0.2) is 0 Å². The summed E-state index contributed by atoms with van der Waals surface area (Å²) < 4.78 is 0. The molecule has 0 aliphatic carbocycles. The highest BCUT2D eigenvalue weighted by molar-refractivity contribution is 6.31. The molecule has 0 spiro atoms. The van der Waals surface area contributed by atoms with Crippen molar-refractivity contribution in [3.63, 3.8) is 0 Å². The summed E-state index contributed by atoms with van der Waals surface area (Å²) in [6, 6.07) is 5.96. The molecule has 2 fully saturated rings. The Labute approximate surface area is 124 Å². The van der Waals surface area contributed by atoms with Gasteiger partial charge in [-0.1, -0.05) is 17.7 Å². The fraction of sp³-hybridized carbons (Fsp3) is 0.533. The molecule has 3 rings (SSSR count). The number of rotatable bonds is 1. The number of aryl methyl sites for hydroxylation is 1. The van der Waals surface area contributed by atoms with E-state index < -0.39 is 0 Å². The van der Waals surface area contributed by atoms with Gasteiger partial charge in [0, 0.05) is 36.4 Å². The molecule has 1 aromatic rings. The lowest BCUT2D eigenvalue weighted by atomic mass is 9.92. The Morgan fingerprint density at radius 3 is 3.10 bits per heavy atom. The van der Waals surface area contributed by atoms with Crippen molar-refractivity contribution in [2.24, 2.45) is 5.92 Å². The van der Waals surface area contributed by atoms with Crippen LogP contribution in [0.15, 0.2) is 18.2 Å². The van der Waals surface area contributed by atoms with E-state index in [9.17, 15) is 4.79 Å². The minimum Gasteiger partial charge on any atom is -0.320 e. The van der Waals surface area contributed by atoms with Crippen molar-refractivity contribution in [1.29, 1.82) is 0 Å². The Morgan fingerprint density at radius 1 is 1.45 bits per heavy atom. The largest absolute Gasteiger partial charge is 0.322 e. The highest BCUT2D eigenvalue weighted by atomic mass is 35.5. The molecule has 5 heteroatoms. The van der Waals surface area contributed by atoms with Gasteiger partial charge in [0.25, 0.3) is 0 Å². The Morgan fingerprint density at radius 2 is 2.30 bits per heavy atom. The first-order valence-electron chi connectivity index (χ1n) is 7.19. The molecule has 1 aromatic carbocycles. The van der Waals surface area contributed by atoms with Crippen LogP contribution >= 0.6 is 11.6 Å². The van der Waals surface area contributed by atoms with Gasteiger partial charge in [-0.15, -0.1) is 0 Å². The van der Waals surface area contributed by atoms with Gasteiger partial charge in [-0.3, -0.25) is 0 Å². The van der Waals surface area contributed by atoms with E-state index in [1.54, 1.807) is 0 Å². The van der Waals surface area contributed by atoms with Crippen LogP contribution in [0.3, 0.4) is 0 Å². The molecule has 2 aliphatic rings. The number of carbonyl (C=O) groups excluding carboxylic acids is 1. The minimum atomic E-state index is -0.0108. The number of piperidine rings is 1. The van der Waals surface area contributed by atoms with Crippen molar-refractivity contribution < 1.29 is 4.79 Å². The Bertz CT molecular complexity index is 520. The summed E-state index contributed by atoms with van der Waals surface area (Å²) in [5, 5.41) is 7.04. The summed E-state index contributed by atoms with van der Waals surface area (Å²) in [4.78, 5) is 14.4. The molecule has 2 aliphatic heterocycles. The van der Waals surface area contributed by atoms with E-state index in [-0.39, 0.29) is 6.03 Å². The van der Waals surface area contributed by atoms with Gasteiger partial charge in [0.1, 0.15) is 0 Å². The molecular weight excluding hydrogens is 274 g/mol. The van der Waals surface area contributed by atoms with Crippen LogP contribution in [-0.2, 0) is 0 Å². The average molecular weight is 294 g/mol. The van der Waals surface area contributed by atoms with Crippen molar-refractivity contribution in [3.8, 4) is 0 Å². The van der Waals surface area contributed by atoms with Crippen LogP contribution in [0.25, 0.3) is 0 Å². The van der Waals surface area contributed by atoms with E-state index in [4.69, 9.17) is 11.6 Å². The zero-order valence-electron chi connectivity index (χ0n) is 11.7. The van der Waals surface area contributed by atoms with E-state index in [0.717, 1.165) is 37.3 Å². The molecule has 20 heavy (non-hydrogen) atoms. The van der Waals surface area contributed by atoms with Crippen molar-refractivity contribution >= 4 is 23.3 Å². The molecule has 2 atom stereocenters. The molecule has 0 saturated carbocycles. The van der Waals surface area contributed by atoms with Gasteiger partial charge in [0.05, 0.1) is 0 Å². The molecule has 0 aromatic heterocycles. The number of anilines is 1. The number of benzene rings is 1. The Hall–Kier alpha value is -1.26. The van der Waals surface area contributed by atoms with Gasteiger partial charge in [-0.05, 0) is 43.4 Å². The molecule has 108 valence electrons. The van der Waals surface area contributed by atoms with E-state index in [1.807, 2.05) is 30.0 Å². The number of hydrogen-bond acceptors (Lipinski definition) is 2. The van der Waals surface area contributed by atoms with E-state index in [1.165, 1.54) is 6.42 Å². The van der Waals surface area contributed by atoms with Crippen LogP contribution in [0, 0.1) is 12.8 Å². The zero-order valence-corrected chi connectivity index (χ0v) is 12.4. The first-order valence-corrected chi connectivity index (χ1v) is 7.57. The second-order valence-corrected chi connectivity index (χ2v) is 6.12. The fourth-order valence-corrected chi connectivity index (χ4v) is 3.37. The zero-order chi connectivity index (χ0) is 14.1. The van der Waals surface area contributed by atoms with Crippen LogP contribution in [0.2, 0.25) is 5.02 Å². The normalized spacial score (nSPS) is 25.4. The molecular formula is C15H20ClN3O. The van der Waals surface area contributed by atoms with Gasteiger partial charge < -0.3 is 15.5 Å². The number of fused-ring (bicyclic) bond motifs is 1. The topological polar surface area (TPSA) is 44.4 Å². The molecule has 2 unspecified atom stereocenters. The lowest BCUT2D eigenvalue weighted by Gasteiger charge is -2.36. The van der Waals surface area contributed by atoms with Crippen molar-refractivity contribution in [1.82, 2.24) is 10.2 Å². The predicted octanol–water partition coefficient (Wildman–Crippen LogP) is 2.86. The number of halogens is 1. The highest BCUT2D eigenvalue weighted by Gasteiger charge is 2.37. The maximum atomic E-state index is 12.5. The van der Waals surface area contributed by atoms with Gasteiger partial charge in [0.2, 0.25) is 0 Å². The Kier molecular flexibility index (Phi) is 3.85. The van der Waals surface area contributed by atoms with Crippen LogP contribution < -0.4 is 10.6 Å². The fourth-order valence-electron chi connectivity index (χ4n) is 3.19. The molecule has 2 amide bonds. The van der Waals surface area contributed by atoms with Crippen molar-refractivity contribution in [2.75, 3.05) is 25.0 Å². The third-order valence-corrected chi connectivity index (χ3v) is 4.77. The summed E-state index contributed by atoms with van der Waals surface area (Å²) in [6.45, 7) is 4.74. The minimum absolute atomic E-state index is 0.0108. The molecule has 0 radical (unpaired) electrons. The van der Waals surface area contributed by atoms with E-state index in [0.29, 0.717) is 17.0 Å². The lowest BCUT2D eigenvalue weighted by Crippen LogP contribution is -2.50. The van der Waals surface area contributed by atoms with Crippen LogP contribution in [-0.4, -0.2) is 36.6 Å². The summed E-state index contributed by atoms with van der Waals surface area (Å²) >= 11 is 6.10. The number of hydrogen-bond donors (Lipinski definition) is 2. The maximum absolute atomic E-state index is 12.5. The SMILES string of the molecule is Cc1ccc(NC(=O)N2CCCC3CNCC32)cc1Cl. The smallest absolute Gasteiger partial charge is 0.320 e. The molecule has 4 nitrogen and oxygen atoms in total. The molecule has 2 N–H and O–H groups in total. The van der Waals surface area contributed by atoms with Crippen LogP contribution in [0.5, 0.6) is 0 Å². The number of nitrogens with zero attached hydrogens (tertiary/aromatic N) is 1. The van der Waals surface area contributed by atoms with Crippen LogP contribution in [0.4, 0.5) is 10.5 Å². The highest BCUT2D eigenvalue weighted by Crippen LogP contribution is 2.27. The summed E-state index contributed by atoms with van der Waals surface area (Å²) in [5.74, 6) is 0.608. The van der Waals surface area contributed by atoms with E-state index in [2.05, 4.69) is 10.6 Å². The standard InChI is InChI=1S/C15H20ClN3O/c1-10-4-5-12(7-13(10)16)18-15(20)19-6-2-3-11-8-17-9-14(11)19/h4-5,7,11,14,17H,2-3,6,8-9H2,1H3,(H,18,20). The molecule has 2 heterocycles. The van der Waals surface area contributed by atoms with Gasteiger partial charge in [-0.25, -0.2) is 4.79 Å². The van der Waals surface area contributed by atoms with Crippen LogP contribution in [0.1, 0.15) is 18.4 Å². The monoisotopic (exact) mass is 293 g/mol. The number of urea groups is 1. The molecule has 2 saturated heterocycles. The maximum Gasteiger partial charge on any atom is 0.322 e. The first-order chi connectivity index (χ1) is 9.65. The summed E-state index contributed by atoms with van der Waals surface area (Å²) in [7, 11) is 0. The summed E-state index contributed by atoms with van der Waals surface area (Å²) in [6.07, 6.45) is 2.31. The second-order valence-electron chi connectivity index (χ2n) is 5.72. The third kappa shape index (κ3) is 2.63. The van der Waals surface area contributed by atoms with Crippen molar-refractivity contribution in [3.05, 3.63) is 28.8 Å². The third-order valence-electron chi connectivity index (χ3n) is 4.36. The number of nitrogens with one attached hydrogen (secondary N) is 2. The van der Waals surface area contributed by atoms with Crippen molar-refractivity contribution in [2.45, 2.75) is 25.8 Å². The Balaban J connectivity index is 1.70. The summed E-state index contributed by atoms with van der Waals surface area (Å²) in [5.41, 5.74) is 1.78. The number of carbonyl (C=O) groups is 1. The molecule has 0 bridgehead atoms. The quantitative estimate of drug-likeness (QED) is 0.836. The predicted molar refractivity (Wildman–Crippen MR) is 81.3 cm³/mol. The second kappa shape index (κ2) is 5.62. The first kappa shape index (κ1) is 13.7. The number of amides is 2. The number of likely N-dealkylation sites (tertiary alicyclic amines) is 1. The lowest BCUT2D eigenvalue weighted by molar-refractivity contribution is 0.147. The van der Waals surface area contributed by atoms with Gasteiger partial charge in [-0.2, -0.15) is 0 Å². The average Bonchev–Trinajstić information content (AvgIpc) is 2.91.